The number of carbonyl (C=O) groups excluding carboxylic acids is 5. The lowest BCUT2D eigenvalue weighted by Crippen LogP contribution is -2.52. The van der Waals surface area contributed by atoms with Gasteiger partial charge in [-0.15, -0.1) is 0 Å². The maximum Gasteiger partial charge on any atom is 0.410 e. The Labute approximate surface area is 293 Å². The van der Waals surface area contributed by atoms with Gasteiger partial charge in [-0.05, 0) is 77.8 Å². The molecule has 0 bridgehead atoms. The van der Waals surface area contributed by atoms with Crippen LogP contribution >= 0.6 is 0 Å². The number of benzene rings is 1. The molecule has 1 aromatic heterocycles. The molecule has 0 saturated carbocycles. The van der Waals surface area contributed by atoms with Crippen LogP contribution in [-0.2, 0) is 33.4 Å². The first kappa shape index (κ1) is 39.8. The number of carbonyl (C=O) groups is 5. The largest absolute Gasteiger partial charge is 0.494 e. The molecule has 1 aliphatic heterocycles. The molecule has 3 atom stereocenters. The van der Waals surface area contributed by atoms with Crippen LogP contribution in [0.4, 0.5) is 10.5 Å². The van der Waals surface area contributed by atoms with Crippen LogP contribution in [0.15, 0.2) is 36.4 Å². The molecule has 2 aromatic rings. The van der Waals surface area contributed by atoms with Crippen molar-refractivity contribution in [3.8, 4) is 11.8 Å². The zero-order valence-electron chi connectivity index (χ0n) is 30.7. The number of amides is 2. The molecule has 1 aromatic carbocycles. The Morgan fingerprint density at radius 3 is 1.86 bits per heavy atom. The van der Waals surface area contributed by atoms with E-state index in [2.05, 4.69) is 0 Å². The van der Waals surface area contributed by atoms with E-state index in [1.165, 1.54) is 25.1 Å². The highest BCUT2D eigenvalue weighted by Gasteiger charge is 2.45. The van der Waals surface area contributed by atoms with Crippen LogP contribution in [0, 0.1) is 11.3 Å². The van der Waals surface area contributed by atoms with Gasteiger partial charge in [-0.1, -0.05) is 39.0 Å². The van der Waals surface area contributed by atoms with E-state index in [-0.39, 0.29) is 17.2 Å². The number of piperidine rings is 1. The monoisotopic (exact) mass is 700 g/mol. The molecule has 0 radical (unpaired) electrons. The summed E-state index contributed by atoms with van der Waals surface area (Å²) in [6, 6.07) is 7.59. The van der Waals surface area contributed by atoms with Crippen LogP contribution in [0.3, 0.4) is 0 Å². The van der Waals surface area contributed by atoms with Gasteiger partial charge in [0, 0.05) is 37.3 Å². The number of esters is 3. The van der Waals surface area contributed by atoms with Crippen molar-refractivity contribution in [3.63, 3.8) is 0 Å². The topological polar surface area (TPSA) is 191 Å². The summed E-state index contributed by atoms with van der Waals surface area (Å²) in [5.74, 6) is -6.79. The Kier molecular flexibility index (Phi) is 12.0. The first-order valence-corrected chi connectivity index (χ1v) is 16.6. The predicted octanol–water partition coefficient (Wildman–Crippen LogP) is 4.97. The average Bonchev–Trinajstić information content (AvgIpc) is 3.26. The van der Waals surface area contributed by atoms with Crippen molar-refractivity contribution in [1.29, 1.82) is 0 Å². The quantitative estimate of drug-likeness (QED) is 0.192. The third-order valence-corrected chi connectivity index (χ3v) is 8.10. The number of aromatic hydroxyl groups is 2. The maximum atomic E-state index is 14.1. The van der Waals surface area contributed by atoms with Gasteiger partial charge in [0.05, 0.1) is 5.92 Å². The number of para-hydroxylation sites is 1. The van der Waals surface area contributed by atoms with Gasteiger partial charge < -0.3 is 35.1 Å². The Bertz CT molecular complexity index is 1560. The predicted molar refractivity (Wildman–Crippen MR) is 184 cm³/mol. The van der Waals surface area contributed by atoms with Crippen LogP contribution in [0.1, 0.15) is 99.7 Å². The lowest BCUT2D eigenvalue weighted by molar-refractivity contribution is -0.174. The molecule has 0 spiro atoms. The number of nitrogens with zero attached hydrogens (tertiary/aromatic N) is 3. The number of rotatable bonds is 8. The fraction of sp³-hybridized carbons (Fsp3) is 0.583. The molecule has 1 aliphatic rings. The molecule has 14 heteroatoms. The van der Waals surface area contributed by atoms with Gasteiger partial charge in [0.15, 0.2) is 11.8 Å². The molecule has 3 rings (SSSR count). The summed E-state index contributed by atoms with van der Waals surface area (Å²) in [5, 5.41) is 22.8. The minimum atomic E-state index is -1.92. The Morgan fingerprint density at radius 1 is 0.840 bits per heavy atom. The average molecular weight is 701 g/mol. The number of ether oxygens (including phenoxy) is 3. The SMILES string of the molecule is CC(=O)N(c1ccccc1)[C@H](C(=O)OC(=O)[C@@H](N)C(C(=O)OC(C)(C)C)C(C)(C)C)n1c(O)cc(C2CCN(C(=O)OC(C)(C)C)CC2)c1O. The lowest BCUT2D eigenvalue weighted by atomic mass is 9.76. The summed E-state index contributed by atoms with van der Waals surface area (Å²) in [4.78, 5) is 69.1. The highest BCUT2D eigenvalue weighted by atomic mass is 16.6. The highest BCUT2D eigenvalue weighted by molar-refractivity contribution is 6.00. The number of anilines is 1. The van der Waals surface area contributed by atoms with Gasteiger partial charge in [0.1, 0.15) is 17.2 Å². The van der Waals surface area contributed by atoms with E-state index in [9.17, 15) is 34.2 Å². The van der Waals surface area contributed by atoms with Crippen LogP contribution in [0.2, 0.25) is 0 Å². The van der Waals surface area contributed by atoms with E-state index in [1.54, 1.807) is 85.4 Å². The van der Waals surface area contributed by atoms with Crippen molar-refractivity contribution in [2.24, 2.45) is 17.1 Å². The molecule has 2 heterocycles. The standard InChI is InChI=1S/C36H52N4O10/c1-21(41)39(23-14-12-11-13-15-23)28(32(46)48-31(45)27(37)26(34(2,3)4)30(44)49-35(5,6)7)40-25(42)20-24(29(40)43)22-16-18-38(19-17-22)33(47)50-36(8,9)10/h11-15,20,22,26-28,42-43H,16-19,37H2,1-10H3/t26?,27-,28-/m0/s1. The van der Waals surface area contributed by atoms with Crippen molar-refractivity contribution in [1.82, 2.24) is 9.47 Å². The molecular formula is C36H52N4O10. The van der Waals surface area contributed by atoms with Crippen molar-refractivity contribution in [3.05, 3.63) is 42.0 Å². The minimum Gasteiger partial charge on any atom is -0.494 e. The number of likely N-dealkylation sites (tertiary alicyclic amines) is 1. The Balaban J connectivity index is 2.01. The third kappa shape index (κ3) is 9.77. The van der Waals surface area contributed by atoms with E-state index in [1.807, 2.05) is 0 Å². The van der Waals surface area contributed by atoms with E-state index in [4.69, 9.17) is 19.9 Å². The molecule has 1 saturated heterocycles. The smallest absolute Gasteiger partial charge is 0.410 e. The fourth-order valence-electron chi connectivity index (χ4n) is 5.93. The second-order valence-electron chi connectivity index (χ2n) is 15.6. The van der Waals surface area contributed by atoms with E-state index in [0.717, 1.165) is 9.47 Å². The zero-order chi connectivity index (χ0) is 37.9. The fourth-order valence-corrected chi connectivity index (χ4v) is 5.93. The summed E-state index contributed by atoms with van der Waals surface area (Å²) in [6.07, 6.45) is -1.60. The summed E-state index contributed by atoms with van der Waals surface area (Å²) in [5.41, 5.74) is 4.27. The molecule has 1 unspecified atom stereocenters. The Hall–Kier alpha value is -4.59. The summed E-state index contributed by atoms with van der Waals surface area (Å²) < 4.78 is 17.1. The summed E-state index contributed by atoms with van der Waals surface area (Å²) in [6.45, 7) is 17.1. The van der Waals surface area contributed by atoms with Crippen molar-refractivity contribution in [2.45, 2.75) is 111 Å². The van der Waals surface area contributed by atoms with Crippen LogP contribution in [0.5, 0.6) is 11.8 Å². The molecule has 0 aliphatic carbocycles. The zero-order valence-corrected chi connectivity index (χ0v) is 30.7. The van der Waals surface area contributed by atoms with E-state index >= 15 is 0 Å². The van der Waals surface area contributed by atoms with Gasteiger partial charge in [-0.25, -0.2) is 14.4 Å². The maximum absolute atomic E-state index is 14.1. The first-order valence-electron chi connectivity index (χ1n) is 16.6. The van der Waals surface area contributed by atoms with Gasteiger partial charge in [0.2, 0.25) is 12.1 Å². The number of nitrogens with two attached hydrogens (primary N) is 1. The van der Waals surface area contributed by atoms with Gasteiger partial charge in [-0.2, -0.15) is 0 Å². The number of aromatic nitrogens is 1. The number of hydrogen-bond donors (Lipinski definition) is 3. The van der Waals surface area contributed by atoms with E-state index < -0.39 is 76.4 Å². The van der Waals surface area contributed by atoms with Gasteiger partial charge in [0.25, 0.3) is 0 Å². The highest BCUT2D eigenvalue weighted by Crippen LogP contribution is 2.42. The van der Waals surface area contributed by atoms with Crippen molar-refractivity contribution in [2.75, 3.05) is 18.0 Å². The summed E-state index contributed by atoms with van der Waals surface area (Å²) in [7, 11) is 0. The Morgan fingerprint density at radius 2 is 1.38 bits per heavy atom. The molecular weight excluding hydrogens is 648 g/mol. The first-order chi connectivity index (χ1) is 22.9. The van der Waals surface area contributed by atoms with Gasteiger partial charge >= 0.3 is 24.0 Å². The van der Waals surface area contributed by atoms with Crippen LogP contribution in [0.25, 0.3) is 0 Å². The van der Waals surface area contributed by atoms with Gasteiger partial charge in [-0.3, -0.25) is 19.1 Å². The molecule has 276 valence electrons. The van der Waals surface area contributed by atoms with Crippen molar-refractivity contribution < 1.29 is 48.4 Å². The molecule has 4 N–H and O–H groups in total. The molecule has 2 amide bonds. The molecule has 50 heavy (non-hydrogen) atoms. The molecule has 1 fully saturated rings. The second kappa shape index (κ2) is 15.1. The lowest BCUT2D eigenvalue weighted by Gasteiger charge is -2.35. The normalized spacial score (nSPS) is 16.2. The van der Waals surface area contributed by atoms with Crippen LogP contribution < -0.4 is 10.6 Å². The third-order valence-electron chi connectivity index (χ3n) is 8.10. The van der Waals surface area contributed by atoms with Crippen molar-refractivity contribution >= 4 is 35.6 Å². The van der Waals surface area contributed by atoms with E-state index in [0.29, 0.717) is 25.9 Å². The van der Waals surface area contributed by atoms with Crippen LogP contribution in [-0.4, -0.2) is 79.9 Å². The summed E-state index contributed by atoms with van der Waals surface area (Å²) >= 11 is 0. The second-order valence-corrected chi connectivity index (χ2v) is 15.6. The minimum absolute atomic E-state index is 0.194. The number of hydrogen-bond acceptors (Lipinski definition) is 11. The molecule has 14 nitrogen and oxygen atoms in total.